The van der Waals surface area contributed by atoms with Crippen LogP contribution in [0.25, 0.3) is 0 Å². The van der Waals surface area contributed by atoms with Gasteiger partial charge in [-0.2, -0.15) is 5.10 Å². The van der Waals surface area contributed by atoms with E-state index in [0.717, 1.165) is 37.7 Å². The van der Waals surface area contributed by atoms with Gasteiger partial charge in [0.05, 0.1) is 12.2 Å². The smallest absolute Gasteiger partial charge is 0.244 e. The lowest BCUT2D eigenvalue weighted by Crippen LogP contribution is -2.56. The van der Waals surface area contributed by atoms with Crippen LogP contribution in [0.15, 0.2) is 12.4 Å². The molecule has 1 saturated carbocycles. The Hall–Kier alpha value is -1.85. The van der Waals surface area contributed by atoms with Gasteiger partial charge < -0.3 is 9.80 Å². The Morgan fingerprint density at radius 2 is 2.00 bits per heavy atom. The number of piperidine rings is 1. The average Bonchev–Trinajstić information content (AvgIpc) is 2.99. The predicted octanol–water partition coefficient (Wildman–Crippen LogP) is 1.97. The Bertz CT molecular complexity index is 699. The van der Waals surface area contributed by atoms with Crippen LogP contribution in [-0.2, 0) is 16.1 Å². The van der Waals surface area contributed by atoms with Gasteiger partial charge in [0.15, 0.2) is 0 Å². The maximum Gasteiger partial charge on any atom is 0.244 e. The minimum absolute atomic E-state index is 0.0286. The molecule has 0 aromatic carbocycles. The van der Waals surface area contributed by atoms with Gasteiger partial charge in [0.25, 0.3) is 0 Å². The van der Waals surface area contributed by atoms with Gasteiger partial charge in [0.2, 0.25) is 11.8 Å². The molecule has 0 spiro atoms. The number of hydrogen-bond donors (Lipinski definition) is 0. The van der Waals surface area contributed by atoms with Gasteiger partial charge in [0, 0.05) is 37.2 Å². The van der Waals surface area contributed by atoms with Gasteiger partial charge in [0.1, 0.15) is 6.54 Å². The zero-order chi connectivity index (χ0) is 17.8. The Morgan fingerprint density at radius 1 is 1.28 bits per heavy atom. The fourth-order valence-electron chi connectivity index (χ4n) is 5.70. The third kappa shape index (κ3) is 2.57. The third-order valence-corrected chi connectivity index (χ3v) is 6.66. The number of fused-ring (bicyclic) bond motifs is 1. The average molecular weight is 344 g/mol. The van der Waals surface area contributed by atoms with Crippen LogP contribution < -0.4 is 0 Å². The van der Waals surface area contributed by atoms with Gasteiger partial charge >= 0.3 is 0 Å². The number of likely N-dealkylation sites (tertiary alicyclic amines) is 2. The zero-order valence-corrected chi connectivity index (χ0v) is 15.4. The van der Waals surface area contributed by atoms with E-state index in [1.54, 1.807) is 17.8 Å². The molecule has 4 atom stereocenters. The first-order chi connectivity index (χ1) is 11.9. The molecule has 1 aromatic rings. The summed E-state index contributed by atoms with van der Waals surface area (Å²) in [5.74, 6) is 0.298. The minimum atomic E-state index is 0.0286. The highest BCUT2D eigenvalue weighted by Crippen LogP contribution is 2.53. The van der Waals surface area contributed by atoms with Crippen molar-refractivity contribution >= 4 is 11.8 Å². The highest BCUT2D eigenvalue weighted by atomic mass is 16.2. The molecular formula is C19H28N4O2. The van der Waals surface area contributed by atoms with Crippen molar-refractivity contribution in [3.8, 4) is 0 Å². The molecule has 6 nitrogen and oxygen atoms in total. The summed E-state index contributed by atoms with van der Waals surface area (Å²) in [6.07, 6.45) is 9.14. The van der Waals surface area contributed by atoms with E-state index >= 15 is 0 Å². The fraction of sp³-hybridized carbons (Fsp3) is 0.737. The number of aromatic nitrogens is 2. The van der Waals surface area contributed by atoms with Crippen LogP contribution in [0.4, 0.5) is 0 Å². The van der Waals surface area contributed by atoms with Crippen LogP contribution in [0.1, 0.15) is 51.5 Å². The summed E-state index contributed by atoms with van der Waals surface area (Å²) in [6.45, 7) is 6.94. The normalized spacial score (nSPS) is 34.1. The molecule has 1 aromatic heterocycles. The van der Waals surface area contributed by atoms with Crippen LogP contribution in [0.2, 0.25) is 0 Å². The van der Waals surface area contributed by atoms with Gasteiger partial charge in [-0.25, -0.2) is 0 Å². The lowest BCUT2D eigenvalue weighted by molar-refractivity contribution is -0.140. The largest absolute Gasteiger partial charge is 0.335 e. The van der Waals surface area contributed by atoms with E-state index in [0.29, 0.717) is 6.54 Å². The predicted molar refractivity (Wildman–Crippen MR) is 93.8 cm³/mol. The van der Waals surface area contributed by atoms with Crippen LogP contribution in [-0.4, -0.2) is 56.1 Å². The van der Waals surface area contributed by atoms with E-state index in [2.05, 4.69) is 21.8 Å². The second-order valence-electron chi connectivity index (χ2n) is 8.37. The van der Waals surface area contributed by atoms with Gasteiger partial charge in [-0.3, -0.25) is 14.3 Å². The van der Waals surface area contributed by atoms with Crippen molar-refractivity contribution in [1.82, 2.24) is 19.6 Å². The highest BCUT2D eigenvalue weighted by Gasteiger charge is 2.60. The number of carbonyl (C=O) groups is 2. The summed E-state index contributed by atoms with van der Waals surface area (Å²) in [4.78, 5) is 29.6. The van der Waals surface area contributed by atoms with Crippen LogP contribution >= 0.6 is 0 Å². The summed E-state index contributed by atoms with van der Waals surface area (Å²) in [5, 5.41) is 4.27. The third-order valence-electron chi connectivity index (χ3n) is 6.66. The molecule has 2 bridgehead atoms. The van der Waals surface area contributed by atoms with Gasteiger partial charge in [-0.15, -0.1) is 0 Å². The van der Waals surface area contributed by atoms with Crippen LogP contribution in [0.3, 0.4) is 0 Å². The molecule has 25 heavy (non-hydrogen) atoms. The first-order valence-electron chi connectivity index (χ1n) is 9.47. The quantitative estimate of drug-likeness (QED) is 0.824. The van der Waals surface area contributed by atoms with E-state index in [1.807, 2.05) is 13.1 Å². The van der Waals surface area contributed by atoms with Crippen molar-refractivity contribution in [2.45, 2.75) is 77.5 Å². The van der Waals surface area contributed by atoms with Crippen molar-refractivity contribution < 1.29 is 9.59 Å². The Morgan fingerprint density at radius 3 is 2.64 bits per heavy atom. The minimum Gasteiger partial charge on any atom is -0.335 e. The van der Waals surface area contributed by atoms with Crippen molar-refractivity contribution in [3.05, 3.63) is 18.0 Å². The molecule has 3 aliphatic rings. The van der Waals surface area contributed by atoms with Crippen molar-refractivity contribution in [3.63, 3.8) is 0 Å². The highest BCUT2D eigenvalue weighted by molar-refractivity contribution is 5.78. The molecular weight excluding hydrogens is 316 g/mol. The van der Waals surface area contributed by atoms with E-state index in [4.69, 9.17) is 0 Å². The summed E-state index contributed by atoms with van der Waals surface area (Å²) in [7, 11) is 0. The second kappa shape index (κ2) is 5.85. The number of aryl methyl sites for hydroxylation is 1. The Kier molecular flexibility index (Phi) is 3.89. The molecule has 2 amide bonds. The van der Waals surface area contributed by atoms with Crippen molar-refractivity contribution in [1.29, 1.82) is 0 Å². The molecule has 3 fully saturated rings. The molecule has 2 saturated heterocycles. The van der Waals surface area contributed by atoms with E-state index in [9.17, 15) is 9.59 Å². The maximum absolute atomic E-state index is 13.1. The van der Waals surface area contributed by atoms with Gasteiger partial charge in [-0.05, 0) is 31.7 Å². The number of nitrogens with zero attached hydrogens (tertiary/aromatic N) is 4. The fourth-order valence-corrected chi connectivity index (χ4v) is 5.70. The number of hydrogen-bond acceptors (Lipinski definition) is 3. The topological polar surface area (TPSA) is 58.4 Å². The van der Waals surface area contributed by atoms with Crippen molar-refractivity contribution in [2.24, 2.45) is 5.41 Å². The number of carbonyl (C=O) groups excluding carboxylic acids is 2. The first-order valence-corrected chi connectivity index (χ1v) is 9.47. The molecule has 3 heterocycles. The summed E-state index contributed by atoms with van der Waals surface area (Å²) < 4.78 is 1.73. The van der Waals surface area contributed by atoms with E-state index in [-0.39, 0.29) is 41.9 Å². The van der Waals surface area contributed by atoms with Crippen molar-refractivity contribution in [2.75, 3.05) is 6.54 Å². The molecule has 4 rings (SSSR count). The summed E-state index contributed by atoms with van der Waals surface area (Å²) in [5.41, 5.74) is 1.09. The van der Waals surface area contributed by atoms with Crippen LogP contribution in [0, 0.1) is 12.3 Å². The number of amides is 2. The van der Waals surface area contributed by atoms with Gasteiger partial charge in [-0.1, -0.05) is 19.8 Å². The molecule has 2 aliphatic heterocycles. The molecule has 0 radical (unpaired) electrons. The SMILES string of the molecule is CC(=O)N1[C@@H]2CN(C(=O)Cn3cc(C)cn3)[C@@H]3CCCC[C@H]1[C@]3(C)C2. The number of rotatable bonds is 2. The van der Waals surface area contributed by atoms with E-state index < -0.39 is 0 Å². The summed E-state index contributed by atoms with van der Waals surface area (Å²) >= 11 is 0. The Labute approximate surface area is 149 Å². The molecule has 6 heteroatoms. The molecule has 136 valence electrons. The monoisotopic (exact) mass is 344 g/mol. The Balaban J connectivity index is 1.64. The molecule has 1 aliphatic carbocycles. The summed E-state index contributed by atoms with van der Waals surface area (Å²) in [6, 6.07) is 0.696. The first kappa shape index (κ1) is 16.6. The molecule has 0 unspecified atom stereocenters. The standard InChI is InChI=1S/C19H28N4O2/c1-13-9-20-21(10-13)12-18(25)22-11-15-8-19(3)16(22)6-4-5-7-17(19)23(15)14(2)24/h9-10,15-17H,4-8,11-12H2,1-3H3/t15-,16+,17-,19+/m0/s1. The lowest BCUT2D eigenvalue weighted by Gasteiger charge is -2.46. The second-order valence-corrected chi connectivity index (χ2v) is 8.37. The lowest BCUT2D eigenvalue weighted by atomic mass is 9.71. The zero-order valence-electron chi connectivity index (χ0n) is 15.4. The maximum atomic E-state index is 13.1. The molecule has 0 N–H and O–H groups in total. The van der Waals surface area contributed by atoms with E-state index in [1.165, 1.54) is 0 Å². The van der Waals surface area contributed by atoms with Crippen LogP contribution in [0.5, 0.6) is 0 Å².